The molecule has 0 amide bonds. The molecule has 2 nitrogen and oxygen atoms in total. The topological polar surface area (TPSA) is 24.7 Å². The maximum Gasteiger partial charge on any atom is 0.0583 e. The van der Waals surface area contributed by atoms with Gasteiger partial charge in [-0.25, -0.2) is 0 Å². The zero-order chi connectivity index (χ0) is 14.4. The van der Waals surface area contributed by atoms with Gasteiger partial charge in [0.1, 0.15) is 0 Å². The molecule has 106 valence electrons. The van der Waals surface area contributed by atoms with Crippen LogP contribution in [-0.4, -0.2) is 11.9 Å². The number of halogens is 1. The quantitative estimate of drug-likeness (QED) is 0.543. The van der Waals surface area contributed by atoms with Gasteiger partial charge in [0, 0.05) is 21.7 Å². The maximum atomic E-state index is 6.12. The summed E-state index contributed by atoms with van der Waals surface area (Å²) in [6.45, 7) is 7.11. The second kappa shape index (κ2) is 4.70. The molecule has 2 aliphatic rings. The van der Waals surface area contributed by atoms with E-state index in [-0.39, 0.29) is 5.41 Å². The van der Waals surface area contributed by atoms with Crippen molar-refractivity contribution in [2.24, 2.45) is 27.0 Å². The van der Waals surface area contributed by atoms with Crippen molar-refractivity contribution in [3.05, 3.63) is 34.9 Å². The number of nitrogens with zero attached hydrogens (tertiary/aromatic N) is 2. The van der Waals surface area contributed by atoms with Gasteiger partial charge < -0.3 is 0 Å². The van der Waals surface area contributed by atoms with E-state index in [0.29, 0.717) is 5.41 Å². The first-order chi connectivity index (χ1) is 9.45. The van der Waals surface area contributed by atoms with E-state index in [1.165, 1.54) is 18.6 Å². The predicted molar refractivity (Wildman–Crippen MR) is 85.7 cm³/mol. The third kappa shape index (κ3) is 1.93. The Hall–Kier alpha value is -1.15. The molecule has 0 aliphatic heterocycles. The summed E-state index contributed by atoms with van der Waals surface area (Å²) in [5, 5.41) is 9.55. The van der Waals surface area contributed by atoms with E-state index in [2.05, 4.69) is 31.0 Å². The van der Waals surface area contributed by atoms with Crippen LogP contribution in [0.5, 0.6) is 0 Å². The molecule has 0 saturated heterocycles. The standard InChI is InChI=1S/C17H21ClN2/c1-16(2)13-8-9-17(16,3)15(10-13)20-19-11-12-6-4-5-7-14(12)18/h4-7,11,13H,8-10H2,1-3H3/b19-11-,20-15+/t13-,17-/m1/s1. The van der Waals surface area contributed by atoms with Gasteiger partial charge in [0.05, 0.1) is 6.21 Å². The van der Waals surface area contributed by atoms with Crippen molar-refractivity contribution in [2.45, 2.75) is 40.0 Å². The van der Waals surface area contributed by atoms with Gasteiger partial charge in [-0.05, 0) is 36.7 Å². The summed E-state index contributed by atoms with van der Waals surface area (Å²) in [6, 6.07) is 7.71. The Balaban J connectivity index is 1.84. The molecule has 0 aromatic heterocycles. The first kappa shape index (κ1) is 13.8. The van der Waals surface area contributed by atoms with E-state index < -0.39 is 0 Å². The van der Waals surface area contributed by atoms with Crippen LogP contribution >= 0.6 is 11.6 Å². The Morgan fingerprint density at radius 1 is 1.25 bits per heavy atom. The largest absolute Gasteiger partial charge is 0.160 e. The van der Waals surface area contributed by atoms with Crippen molar-refractivity contribution in [3.8, 4) is 0 Å². The van der Waals surface area contributed by atoms with E-state index in [0.717, 1.165) is 22.9 Å². The van der Waals surface area contributed by atoms with Crippen molar-refractivity contribution in [1.29, 1.82) is 0 Å². The number of hydrogen-bond acceptors (Lipinski definition) is 2. The minimum Gasteiger partial charge on any atom is -0.160 e. The molecule has 20 heavy (non-hydrogen) atoms. The molecule has 2 aliphatic carbocycles. The molecule has 2 bridgehead atoms. The van der Waals surface area contributed by atoms with Crippen molar-refractivity contribution in [3.63, 3.8) is 0 Å². The van der Waals surface area contributed by atoms with E-state index in [9.17, 15) is 0 Å². The average Bonchev–Trinajstić information content (AvgIpc) is 2.74. The number of fused-ring (bicyclic) bond motifs is 2. The lowest BCUT2D eigenvalue weighted by Crippen LogP contribution is -2.32. The molecule has 1 aromatic rings. The zero-order valence-electron chi connectivity index (χ0n) is 12.4. The normalized spacial score (nSPS) is 33.4. The summed E-state index contributed by atoms with van der Waals surface area (Å²) in [5.41, 5.74) is 2.76. The Morgan fingerprint density at radius 2 is 2.00 bits per heavy atom. The lowest BCUT2D eigenvalue weighted by Gasteiger charge is -2.34. The third-order valence-electron chi connectivity index (χ3n) is 5.79. The molecule has 1 aromatic carbocycles. The monoisotopic (exact) mass is 288 g/mol. The van der Waals surface area contributed by atoms with Gasteiger partial charge in [-0.1, -0.05) is 50.6 Å². The highest BCUT2D eigenvalue weighted by molar-refractivity contribution is 6.33. The minimum atomic E-state index is 0.218. The van der Waals surface area contributed by atoms with Crippen LogP contribution in [0, 0.1) is 16.7 Å². The smallest absolute Gasteiger partial charge is 0.0583 e. The molecule has 2 saturated carbocycles. The lowest BCUT2D eigenvalue weighted by molar-refractivity contribution is 0.194. The Morgan fingerprint density at radius 3 is 2.60 bits per heavy atom. The summed E-state index contributed by atoms with van der Waals surface area (Å²) in [6.07, 6.45) is 5.43. The van der Waals surface area contributed by atoms with Gasteiger partial charge in [-0.15, -0.1) is 0 Å². The number of hydrogen-bond donors (Lipinski definition) is 0. The molecular formula is C17H21ClN2. The molecule has 2 fully saturated rings. The lowest BCUT2D eigenvalue weighted by atomic mass is 9.70. The molecule has 0 radical (unpaired) electrons. The van der Waals surface area contributed by atoms with Gasteiger partial charge in [0.2, 0.25) is 0 Å². The fourth-order valence-electron chi connectivity index (χ4n) is 3.82. The van der Waals surface area contributed by atoms with Crippen LogP contribution in [-0.2, 0) is 0 Å². The summed E-state index contributed by atoms with van der Waals surface area (Å²) < 4.78 is 0. The Labute approximate surface area is 125 Å². The molecule has 3 heteroatoms. The van der Waals surface area contributed by atoms with E-state index >= 15 is 0 Å². The SMILES string of the molecule is CC1(C)[C@@H]2CC[C@]1(C)/C(=N/N=C\c1ccccc1Cl)C2. The van der Waals surface area contributed by atoms with Crippen LogP contribution in [0.25, 0.3) is 0 Å². The van der Waals surface area contributed by atoms with Gasteiger partial charge in [0.15, 0.2) is 0 Å². The zero-order valence-corrected chi connectivity index (χ0v) is 13.1. The van der Waals surface area contributed by atoms with Crippen LogP contribution in [0.3, 0.4) is 0 Å². The van der Waals surface area contributed by atoms with E-state index in [4.69, 9.17) is 11.6 Å². The van der Waals surface area contributed by atoms with Crippen molar-refractivity contribution in [2.75, 3.05) is 0 Å². The third-order valence-corrected chi connectivity index (χ3v) is 6.14. The molecule has 0 unspecified atom stereocenters. The van der Waals surface area contributed by atoms with Crippen LogP contribution in [0.15, 0.2) is 34.5 Å². The molecule has 0 N–H and O–H groups in total. The van der Waals surface area contributed by atoms with Crippen molar-refractivity contribution < 1.29 is 0 Å². The highest BCUT2D eigenvalue weighted by Crippen LogP contribution is 2.63. The summed E-state index contributed by atoms with van der Waals surface area (Å²) >= 11 is 6.12. The van der Waals surface area contributed by atoms with E-state index in [1.807, 2.05) is 24.3 Å². The number of benzene rings is 1. The second-order valence-electron chi connectivity index (χ2n) is 6.81. The first-order valence-electron chi connectivity index (χ1n) is 7.30. The van der Waals surface area contributed by atoms with Crippen molar-refractivity contribution >= 4 is 23.5 Å². The van der Waals surface area contributed by atoms with Crippen molar-refractivity contribution in [1.82, 2.24) is 0 Å². The second-order valence-corrected chi connectivity index (χ2v) is 7.21. The minimum absolute atomic E-state index is 0.218. The highest BCUT2D eigenvalue weighted by Gasteiger charge is 2.59. The molecular weight excluding hydrogens is 268 g/mol. The molecule has 0 heterocycles. The molecule has 3 rings (SSSR count). The fraction of sp³-hybridized carbons (Fsp3) is 0.529. The summed E-state index contributed by atoms with van der Waals surface area (Å²) in [4.78, 5) is 0. The van der Waals surface area contributed by atoms with Crippen LogP contribution in [0.4, 0.5) is 0 Å². The summed E-state index contributed by atoms with van der Waals surface area (Å²) in [7, 11) is 0. The average molecular weight is 289 g/mol. The summed E-state index contributed by atoms with van der Waals surface area (Å²) in [5.74, 6) is 0.766. The molecule has 2 atom stereocenters. The first-order valence-corrected chi connectivity index (χ1v) is 7.68. The van der Waals surface area contributed by atoms with Crippen LogP contribution in [0.2, 0.25) is 5.02 Å². The highest BCUT2D eigenvalue weighted by atomic mass is 35.5. The van der Waals surface area contributed by atoms with Gasteiger partial charge in [-0.2, -0.15) is 10.2 Å². The Bertz CT molecular complexity index is 588. The van der Waals surface area contributed by atoms with Gasteiger partial charge in [0.25, 0.3) is 0 Å². The van der Waals surface area contributed by atoms with Gasteiger partial charge >= 0.3 is 0 Å². The fourth-order valence-corrected chi connectivity index (χ4v) is 4.00. The maximum absolute atomic E-state index is 6.12. The number of rotatable bonds is 2. The van der Waals surface area contributed by atoms with E-state index in [1.54, 1.807) is 6.21 Å². The predicted octanol–water partition coefficient (Wildman–Crippen LogP) is 4.96. The van der Waals surface area contributed by atoms with Crippen LogP contribution in [0.1, 0.15) is 45.6 Å². The van der Waals surface area contributed by atoms with Gasteiger partial charge in [-0.3, -0.25) is 0 Å². The Kier molecular flexibility index (Phi) is 3.24. The molecule has 0 spiro atoms. The van der Waals surface area contributed by atoms with Crippen LogP contribution < -0.4 is 0 Å².